The van der Waals surface area contributed by atoms with Gasteiger partial charge in [-0.05, 0) is 34.1 Å². The first kappa shape index (κ1) is 11.2. The number of hydrogen-bond donors (Lipinski definition) is 0. The van der Waals surface area contributed by atoms with Gasteiger partial charge in [0.2, 0.25) is 4.73 Å². The SMILES string of the molecule is COC(=O)c1ccc2c(c1)Cn1nc(Br)nc1O2. The van der Waals surface area contributed by atoms with Crippen molar-refractivity contribution in [2.45, 2.75) is 6.54 Å². The summed E-state index contributed by atoms with van der Waals surface area (Å²) in [4.78, 5) is 15.5. The molecule has 0 spiro atoms. The number of fused-ring (bicyclic) bond motifs is 2. The number of aromatic nitrogens is 3. The number of ether oxygens (including phenoxy) is 2. The Morgan fingerprint density at radius 3 is 3.17 bits per heavy atom. The minimum absolute atomic E-state index is 0.372. The molecule has 1 aromatic heterocycles. The largest absolute Gasteiger partial charge is 0.465 e. The topological polar surface area (TPSA) is 66.2 Å². The standard InChI is InChI=1S/C11H8BrN3O3/c1-17-9(16)6-2-3-8-7(4-6)5-15-11(18-8)13-10(12)14-15/h2-4H,5H2,1H3. The Kier molecular flexibility index (Phi) is 2.55. The maximum Gasteiger partial charge on any atom is 0.337 e. The van der Waals surface area contributed by atoms with Crippen LogP contribution in [-0.2, 0) is 11.3 Å². The van der Waals surface area contributed by atoms with Crippen LogP contribution in [0.2, 0.25) is 0 Å². The quantitative estimate of drug-likeness (QED) is 0.643. The first-order valence-electron chi connectivity index (χ1n) is 5.17. The predicted octanol–water partition coefficient (Wildman–Crippen LogP) is 1.98. The molecule has 3 rings (SSSR count). The van der Waals surface area contributed by atoms with Crippen LogP contribution in [-0.4, -0.2) is 27.8 Å². The fraction of sp³-hybridized carbons (Fsp3) is 0.182. The molecule has 0 saturated heterocycles. The highest BCUT2D eigenvalue weighted by Crippen LogP contribution is 2.32. The van der Waals surface area contributed by atoms with Gasteiger partial charge < -0.3 is 9.47 Å². The summed E-state index contributed by atoms with van der Waals surface area (Å²) in [6.45, 7) is 0.508. The van der Waals surface area contributed by atoms with Crippen LogP contribution in [0.5, 0.6) is 11.8 Å². The molecule has 7 heteroatoms. The van der Waals surface area contributed by atoms with Crippen LogP contribution < -0.4 is 4.74 Å². The van der Waals surface area contributed by atoms with Gasteiger partial charge >= 0.3 is 12.0 Å². The van der Waals surface area contributed by atoms with Crippen molar-refractivity contribution in [3.05, 3.63) is 34.1 Å². The number of rotatable bonds is 1. The Morgan fingerprint density at radius 1 is 1.56 bits per heavy atom. The van der Waals surface area contributed by atoms with E-state index >= 15 is 0 Å². The molecule has 1 aromatic carbocycles. The molecule has 0 unspecified atom stereocenters. The molecule has 92 valence electrons. The van der Waals surface area contributed by atoms with Crippen LogP contribution >= 0.6 is 15.9 Å². The van der Waals surface area contributed by atoms with Gasteiger partial charge in [-0.15, -0.1) is 5.10 Å². The molecule has 18 heavy (non-hydrogen) atoms. The Bertz CT molecular complexity index is 638. The molecule has 2 heterocycles. The van der Waals surface area contributed by atoms with Crippen molar-refractivity contribution < 1.29 is 14.3 Å². The predicted molar refractivity (Wildman–Crippen MR) is 64.7 cm³/mol. The highest BCUT2D eigenvalue weighted by atomic mass is 79.9. The van der Waals surface area contributed by atoms with Gasteiger partial charge in [0.25, 0.3) is 0 Å². The zero-order chi connectivity index (χ0) is 12.7. The molecule has 0 aliphatic carbocycles. The van der Waals surface area contributed by atoms with Crippen molar-refractivity contribution >= 4 is 21.9 Å². The Morgan fingerprint density at radius 2 is 2.39 bits per heavy atom. The number of nitrogens with zero attached hydrogens (tertiary/aromatic N) is 3. The molecule has 0 bridgehead atoms. The molecule has 0 amide bonds. The monoisotopic (exact) mass is 309 g/mol. The van der Waals surface area contributed by atoms with Crippen LogP contribution in [0.1, 0.15) is 15.9 Å². The van der Waals surface area contributed by atoms with Gasteiger partial charge in [0.05, 0.1) is 19.2 Å². The number of hydrogen-bond acceptors (Lipinski definition) is 5. The summed E-state index contributed by atoms with van der Waals surface area (Å²) >= 11 is 3.19. The number of methoxy groups -OCH3 is 1. The van der Waals surface area contributed by atoms with E-state index in [1.165, 1.54) is 7.11 Å². The molecule has 0 N–H and O–H groups in total. The minimum atomic E-state index is -0.372. The lowest BCUT2D eigenvalue weighted by Crippen LogP contribution is -2.12. The minimum Gasteiger partial charge on any atom is -0.465 e. The van der Waals surface area contributed by atoms with E-state index in [0.29, 0.717) is 28.6 Å². The molecular formula is C11H8BrN3O3. The van der Waals surface area contributed by atoms with Crippen molar-refractivity contribution in [1.82, 2.24) is 14.8 Å². The fourth-order valence-electron chi connectivity index (χ4n) is 1.79. The molecule has 1 aliphatic heterocycles. The van der Waals surface area contributed by atoms with Crippen molar-refractivity contribution in [1.29, 1.82) is 0 Å². The van der Waals surface area contributed by atoms with Gasteiger partial charge in [0, 0.05) is 5.56 Å². The molecular weight excluding hydrogens is 302 g/mol. The molecule has 2 aromatic rings. The second-order valence-corrected chi connectivity index (χ2v) is 4.45. The van der Waals surface area contributed by atoms with Crippen molar-refractivity contribution in [3.8, 4) is 11.8 Å². The number of esters is 1. The normalized spacial score (nSPS) is 12.3. The zero-order valence-electron chi connectivity index (χ0n) is 9.38. The zero-order valence-corrected chi connectivity index (χ0v) is 11.0. The van der Waals surface area contributed by atoms with Gasteiger partial charge in [0.1, 0.15) is 5.75 Å². The van der Waals surface area contributed by atoms with Crippen molar-refractivity contribution in [3.63, 3.8) is 0 Å². The van der Waals surface area contributed by atoms with E-state index in [0.717, 1.165) is 5.56 Å². The van der Waals surface area contributed by atoms with Gasteiger partial charge in [-0.25, -0.2) is 9.48 Å². The molecule has 0 radical (unpaired) electrons. The summed E-state index contributed by atoms with van der Waals surface area (Å²) < 4.78 is 12.3. The maximum atomic E-state index is 11.4. The molecule has 1 aliphatic rings. The van der Waals surface area contributed by atoms with E-state index in [9.17, 15) is 4.79 Å². The first-order valence-corrected chi connectivity index (χ1v) is 5.96. The molecule has 0 fully saturated rings. The third-order valence-electron chi connectivity index (χ3n) is 2.61. The van der Waals surface area contributed by atoms with Crippen LogP contribution in [0.3, 0.4) is 0 Å². The van der Waals surface area contributed by atoms with E-state index in [4.69, 9.17) is 4.74 Å². The third-order valence-corrected chi connectivity index (χ3v) is 2.95. The van der Waals surface area contributed by atoms with Gasteiger partial charge in [0.15, 0.2) is 0 Å². The lowest BCUT2D eigenvalue weighted by atomic mass is 10.1. The van der Waals surface area contributed by atoms with E-state index in [1.54, 1.807) is 22.9 Å². The Labute approximate surface area is 111 Å². The third kappa shape index (κ3) is 1.76. The summed E-state index contributed by atoms with van der Waals surface area (Å²) in [5.41, 5.74) is 1.35. The van der Waals surface area contributed by atoms with Crippen LogP contribution in [0.25, 0.3) is 0 Å². The summed E-state index contributed by atoms with van der Waals surface area (Å²) in [5, 5.41) is 4.13. The summed E-state index contributed by atoms with van der Waals surface area (Å²) in [6.07, 6.45) is 0. The number of carbonyl (C=O) groups excluding carboxylic acids is 1. The van der Waals surface area contributed by atoms with E-state index < -0.39 is 0 Å². The van der Waals surface area contributed by atoms with Crippen LogP contribution in [0.15, 0.2) is 22.9 Å². The summed E-state index contributed by atoms with van der Waals surface area (Å²) in [7, 11) is 1.35. The number of halogens is 1. The fourth-order valence-corrected chi connectivity index (χ4v) is 2.13. The highest BCUT2D eigenvalue weighted by molar-refractivity contribution is 9.10. The number of carbonyl (C=O) groups is 1. The lowest BCUT2D eigenvalue weighted by molar-refractivity contribution is 0.0600. The van der Waals surface area contributed by atoms with Gasteiger partial charge in [-0.1, -0.05) is 0 Å². The Balaban J connectivity index is 2.00. The Hall–Kier alpha value is -1.89. The van der Waals surface area contributed by atoms with Crippen LogP contribution in [0.4, 0.5) is 0 Å². The second kappa shape index (κ2) is 4.09. The first-order chi connectivity index (χ1) is 8.67. The average molecular weight is 310 g/mol. The van der Waals surface area contributed by atoms with Crippen LogP contribution in [0, 0.1) is 0 Å². The molecule has 6 nitrogen and oxygen atoms in total. The average Bonchev–Trinajstić information content (AvgIpc) is 2.73. The number of benzene rings is 1. The van der Waals surface area contributed by atoms with Crippen molar-refractivity contribution in [2.24, 2.45) is 0 Å². The lowest BCUT2D eigenvalue weighted by Gasteiger charge is -2.17. The van der Waals surface area contributed by atoms with Gasteiger partial charge in [-0.2, -0.15) is 4.98 Å². The molecule has 0 atom stereocenters. The van der Waals surface area contributed by atoms with Gasteiger partial charge in [-0.3, -0.25) is 0 Å². The highest BCUT2D eigenvalue weighted by Gasteiger charge is 2.21. The maximum absolute atomic E-state index is 11.4. The summed E-state index contributed by atoms with van der Waals surface area (Å²) in [5.74, 6) is 0.304. The second-order valence-electron chi connectivity index (χ2n) is 3.74. The smallest absolute Gasteiger partial charge is 0.337 e. The summed E-state index contributed by atoms with van der Waals surface area (Å²) in [6, 6.07) is 5.55. The van der Waals surface area contributed by atoms with Crippen molar-refractivity contribution in [2.75, 3.05) is 7.11 Å². The van der Waals surface area contributed by atoms with E-state index in [-0.39, 0.29) is 5.97 Å². The van der Waals surface area contributed by atoms with E-state index in [2.05, 4.69) is 30.7 Å². The molecule has 0 saturated carbocycles. The van der Waals surface area contributed by atoms with E-state index in [1.807, 2.05) is 0 Å².